The summed E-state index contributed by atoms with van der Waals surface area (Å²) < 4.78 is 55.1. The van der Waals surface area contributed by atoms with Gasteiger partial charge in [-0.25, -0.2) is 14.4 Å². The maximum Gasteiger partial charge on any atom is 0.422 e. The summed E-state index contributed by atoms with van der Waals surface area (Å²) in [7, 11) is 0. The third-order valence-electron chi connectivity index (χ3n) is 4.32. The first-order chi connectivity index (χ1) is 13.2. The van der Waals surface area contributed by atoms with E-state index in [0.717, 1.165) is 6.33 Å². The Kier molecular flexibility index (Phi) is 5.66. The number of aromatic nitrogens is 2. The van der Waals surface area contributed by atoms with Crippen LogP contribution in [0.15, 0.2) is 30.6 Å². The van der Waals surface area contributed by atoms with Crippen LogP contribution >= 0.6 is 0 Å². The van der Waals surface area contributed by atoms with Gasteiger partial charge in [-0.05, 0) is 24.6 Å². The molecule has 0 N–H and O–H groups in total. The number of amides is 1. The number of halogens is 4. The first kappa shape index (κ1) is 19.8. The van der Waals surface area contributed by atoms with Crippen LogP contribution in [0.1, 0.15) is 15.9 Å². The molecule has 1 fully saturated rings. The van der Waals surface area contributed by atoms with Crippen LogP contribution in [0.5, 0.6) is 5.88 Å². The number of hydrogen-bond acceptors (Lipinski definition) is 5. The van der Waals surface area contributed by atoms with Crippen molar-refractivity contribution in [3.63, 3.8) is 0 Å². The number of benzene rings is 1. The van der Waals surface area contributed by atoms with Gasteiger partial charge in [-0.15, -0.1) is 0 Å². The number of carbonyl (C=O) groups excluding carboxylic acids is 1. The lowest BCUT2D eigenvalue weighted by molar-refractivity contribution is -0.154. The summed E-state index contributed by atoms with van der Waals surface area (Å²) in [5.74, 6) is -0.455. The number of carbonyl (C=O) groups is 1. The highest BCUT2D eigenvalue weighted by molar-refractivity contribution is 5.94. The molecule has 0 atom stereocenters. The molecule has 1 aromatic carbocycles. The Morgan fingerprint density at radius 1 is 1.14 bits per heavy atom. The normalized spacial score (nSPS) is 14.9. The Labute approximate surface area is 158 Å². The van der Waals surface area contributed by atoms with Gasteiger partial charge < -0.3 is 14.5 Å². The summed E-state index contributed by atoms with van der Waals surface area (Å²) in [5, 5.41) is 0. The monoisotopic (exact) mass is 398 g/mol. The molecule has 0 saturated carbocycles. The largest absolute Gasteiger partial charge is 0.468 e. The molecule has 1 aromatic heterocycles. The van der Waals surface area contributed by atoms with Crippen LogP contribution in [-0.2, 0) is 0 Å². The van der Waals surface area contributed by atoms with Crippen molar-refractivity contribution in [2.24, 2.45) is 0 Å². The van der Waals surface area contributed by atoms with Crippen molar-refractivity contribution in [1.82, 2.24) is 14.9 Å². The molecule has 0 bridgehead atoms. The summed E-state index contributed by atoms with van der Waals surface area (Å²) >= 11 is 0. The summed E-state index contributed by atoms with van der Waals surface area (Å²) in [4.78, 5) is 23.7. The number of anilines is 1. The Balaban J connectivity index is 1.60. The molecule has 10 heteroatoms. The van der Waals surface area contributed by atoms with E-state index in [0.29, 0.717) is 37.6 Å². The number of aryl methyl sites for hydroxylation is 1. The van der Waals surface area contributed by atoms with Crippen molar-refractivity contribution in [2.45, 2.75) is 13.1 Å². The lowest BCUT2D eigenvalue weighted by Gasteiger charge is -2.35. The molecule has 0 radical (unpaired) electrons. The molecule has 3 rings (SSSR count). The van der Waals surface area contributed by atoms with E-state index >= 15 is 0 Å². The molecule has 0 unspecified atom stereocenters. The molecular weight excluding hydrogens is 380 g/mol. The molecule has 1 aliphatic heterocycles. The van der Waals surface area contributed by atoms with Crippen molar-refractivity contribution < 1.29 is 27.1 Å². The van der Waals surface area contributed by atoms with Crippen molar-refractivity contribution in [2.75, 3.05) is 37.7 Å². The van der Waals surface area contributed by atoms with Gasteiger partial charge in [0, 0.05) is 37.8 Å². The number of rotatable bonds is 4. The van der Waals surface area contributed by atoms with Crippen molar-refractivity contribution in [3.05, 3.63) is 47.5 Å². The molecule has 1 amide bonds. The van der Waals surface area contributed by atoms with E-state index < -0.39 is 18.6 Å². The molecule has 6 nitrogen and oxygen atoms in total. The van der Waals surface area contributed by atoms with Gasteiger partial charge in [0.15, 0.2) is 6.61 Å². The van der Waals surface area contributed by atoms with E-state index in [2.05, 4.69) is 14.7 Å². The highest BCUT2D eigenvalue weighted by Gasteiger charge is 2.29. The zero-order valence-electron chi connectivity index (χ0n) is 15.0. The van der Waals surface area contributed by atoms with Gasteiger partial charge in [-0.1, -0.05) is 6.07 Å². The SMILES string of the molecule is Cc1ccc(C(=O)N2CCN(c3cc(OCC(F)(F)F)ncn3)CC2)cc1F. The minimum absolute atomic E-state index is 0.170. The maximum absolute atomic E-state index is 13.7. The summed E-state index contributed by atoms with van der Waals surface area (Å²) in [6, 6.07) is 5.70. The number of hydrogen-bond donors (Lipinski definition) is 0. The van der Waals surface area contributed by atoms with Gasteiger partial charge in [-0.2, -0.15) is 13.2 Å². The smallest absolute Gasteiger partial charge is 0.422 e. The maximum atomic E-state index is 13.7. The predicted octanol–water partition coefficient (Wildman–Crippen LogP) is 2.83. The molecular formula is C18H18F4N4O2. The van der Waals surface area contributed by atoms with Crippen molar-refractivity contribution in [1.29, 1.82) is 0 Å². The summed E-state index contributed by atoms with van der Waals surface area (Å²) in [6.45, 7) is 1.79. The second-order valence-corrected chi connectivity index (χ2v) is 6.36. The lowest BCUT2D eigenvalue weighted by Crippen LogP contribution is -2.49. The molecule has 0 aliphatic carbocycles. The van der Waals surface area contributed by atoms with Crippen LogP contribution in [0, 0.1) is 12.7 Å². The van der Waals surface area contributed by atoms with Crippen LogP contribution < -0.4 is 9.64 Å². The van der Waals surface area contributed by atoms with Crippen LogP contribution in [-0.4, -0.2) is 59.7 Å². The fourth-order valence-corrected chi connectivity index (χ4v) is 2.78. The lowest BCUT2D eigenvalue weighted by atomic mass is 10.1. The highest BCUT2D eigenvalue weighted by Crippen LogP contribution is 2.21. The zero-order chi connectivity index (χ0) is 20.3. The Bertz CT molecular complexity index is 852. The van der Waals surface area contributed by atoms with Crippen LogP contribution in [0.25, 0.3) is 0 Å². The average molecular weight is 398 g/mol. The minimum atomic E-state index is -4.45. The second-order valence-electron chi connectivity index (χ2n) is 6.36. The molecule has 2 aromatic rings. The topological polar surface area (TPSA) is 58.6 Å². The number of ether oxygens (including phenoxy) is 1. The third kappa shape index (κ3) is 4.87. The Morgan fingerprint density at radius 2 is 1.86 bits per heavy atom. The fourth-order valence-electron chi connectivity index (χ4n) is 2.78. The van der Waals surface area contributed by atoms with Gasteiger partial charge in [-0.3, -0.25) is 4.79 Å². The molecule has 28 heavy (non-hydrogen) atoms. The van der Waals surface area contributed by atoms with E-state index in [-0.39, 0.29) is 17.4 Å². The second kappa shape index (κ2) is 7.99. The average Bonchev–Trinajstić information content (AvgIpc) is 2.68. The summed E-state index contributed by atoms with van der Waals surface area (Å²) in [5.41, 5.74) is 0.745. The number of nitrogens with zero attached hydrogens (tertiary/aromatic N) is 4. The van der Waals surface area contributed by atoms with Crippen molar-refractivity contribution in [3.8, 4) is 5.88 Å². The minimum Gasteiger partial charge on any atom is -0.468 e. The molecule has 2 heterocycles. The van der Waals surface area contributed by atoms with E-state index in [1.165, 1.54) is 12.1 Å². The first-order valence-corrected chi connectivity index (χ1v) is 8.55. The standard InChI is InChI=1S/C18H18F4N4O2/c1-12-2-3-13(8-14(12)19)17(27)26-6-4-25(5-7-26)15-9-16(24-11-23-15)28-10-18(20,21)22/h2-3,8-9,11H,4-7,10H2,1H3. The number of piperazine rings is 1. The van der Waals surface area contributed by atoms with E-state index in [1.54, 1.807) is 24.0 Å². The predicted molar refractivity (Wildman–Crippen MR) is 92.8 cm³/mol. The molecule has 1 aliphatic rings. The Morgan fingerprint density at radius 3 is 2.50 bits per heavy atom. The number of alkyl halides is 3. The van der Waals surface area contributed by atoms with Crippen LogP contribution in [0.2, 0.25) is 0 Å². The molecule has 0 spiro atoms. The van der Waals surface area contributed by atoms with E-state index in [4.69, 9.17) is 0 Å². The van der Waals surface area contributed by atoms with Crippen LogP contribution in [0.3, 0.4) is 0 Å². The van der Waals surface area contributed by atoms with Gasteiger partial charge >= 0.3 is 6.18 Å². The van der Waals surface area contributed by atoms with Crippen molar-refractivity contribution >= 4 is 11.7 Å². The molecule has 150 valence electrons. The summed E-state index contributed by atoms with van der Waals surface area (Å²) in [6.07, 6.45) is -3.32. The molecule has 1 saturated heterocycles. The third-order valence-corrected chi connectivity index (χ3v) is 4.32. The van der Waals surface area contributed by atoms with Gasteiger partial charge in [0.2, 0.25) is 5.88 Å². The van der Waals surface area contributed by atoms with Crippen LogP contribution in [0.4, 0.5) is 23.4 Å². The quantitative estimate of drug-likeness (QED) is 0.742. The van der Waals surface area contributed by atoms with Gasteiger partial charge in [0.25, 0.3) is 5.91 Å². The Hall–Kier alpha value is -2.91. The van der Waals surface area contributed by atoms with E-state index in [1.807, 2.05) is 4.90 Å². The fraction of sp³-hybridized carbons (Fsp3) is 0.389. The van der Waals surface area contributed by atoms with Gasteiger partial charge in [0.05, 0.1) is 0 Å². The van der Waals surface area contributed by atoms with E-state index in [9.17, 15) is 22.4 Å². The van der Waals surface area contributed by atoms with Gasteiger partial charge in [0.1, 0.15) is 18.0 Å². The zero-order valence-corrected chi connectivity index (χ0v) is 15.0. The first-order valence-electron chi connectivity index (χ1n) is 8.55. The highest BCUT2D eigenvalue weighted by atomic mass is 19.4.